The van der Waals surface area contributed by atoms with Gasteiger partial charge in [0.25, 0.3) is 0 Å². The van der Waals surface area contributed by atoms with Crippen LogP contribution in [0.15, 0.2) is 52.1 Å². The van der Waals surface area contributed by atoms with E-state index in [0.717, 1.165) is 24.7 Å². The van der Waals surface area contributed by atoms with E-state index in [1.807, 2.05) is 19.1 Å². The van der Waals surface area contributed by atoms with Crippen molar-refractivity contribution in [1.29, 1.82) is 0 Å². The first kappa shape index (κ1) is 19.8. The Morgan fingerprint density at radius 2 is 2.12 bits per heavy atom. The molecule has 1 heterocycles. The van der Waals surface area contributed by atoms with Crippen LogP contribution in [0.2, 0.25) is 0 Å². The summed E-state index contributed by atoms with van der Waals surface area (Å²) in [5, 5.41) is 6.35. The molecule has 0 aliphatic carbocycles. The molecule has 0 unspecified atom stereocenters. The zero-order chi connectivity index (χ0) is 18.5. The predicted octanol–water partition coefficient (Wildman–Crippen LogP) is 2.96. The summed E-state index contributed by atoms with van der Waals surface area (Å²) in [5.74, 6) is 1.75. The Morgan fingerprint density at radius 3 is 2.88 bits per heavy atom. The first-order valence-electron chi connectivity index (χ1n) is 8.78. The molecule has 0 bridgehead atoms. The SMILES string of the molecule is CCNC(=NCCCOCc1ccco1)NCCOc1cccc(F)c1. The lowest BCUT2D eigenvalue weighted by Crippen LogP contribution is -2.39. The van der Waals surface area contributed by atoms with Gasteiger partial charge < -0.3 is 24.5 Å². The number of guanidine groups is 1. The van der Waals surface area contributed by atoms with E-state index in [1.54, 1.807) is 18.4 Å². The van der Waals surface area contributed by atoms with Gasteiger partial charge in [0, 0.05) is 25.8 Å². The molecule has 0 radical (unpaired) electrons. The van der Waals surface area contributed by atoms with E-state index in [4.69, 9.17) is 13.9 Å². The number of benzene rings is 1. The largest absolute Gasteiger partial charge is 0.492 e. The standard InChI is InChI=1S/C19H26FN3O3/c1-2-21-19(22-9-5-11-24-15-18-8-4-12-25-18)23-10-13-26-17-7-3-6-16(20)14-17/h3-4,6-8,12,14H,2,5,9-11,13,15H2,1H3,(H2,21,22,23). The maximum atomic E-state index is 13.1. The molecular weight excluding hydrogens is 337 g/mol. The molecule has 6 nitrogen and oxygen atoms in total. The highest BCUT2D eigenvalue weighted by Crippen LogP contribution is 2.11. The first-order valence-corrected chi connectivity index (χ1v) is 8.78. The van der Waals surface area contributed by atoms with Crippen molar-refractivity contribution in [2.45, 2.75) is 20.0 Å². The molecule has 7 heteroatoms. The Bertz CT molecular complexity index is 647. The average Bonchev–Trinajstić information content (AvgIpc) is 3.15. The molecule has 0 saturated heterocycles. The van der Waals surface area contributed by atoms with Gasteiger partial charge in [-0.1, -0.05) is 6.07 Å². The lowest BCUT2D eigenvalue weighted by molar-refractivity contribution is 0.105. The highest BCUT2D eigenvalue weighted by Gasteiger charge is 1.99. The van der Waals surface area contributed by atoms with Gasteiger partial charge in [-0.2, -0.15) is 0 Å². The van der Waals surface area contributed by atoms with Crippen LogP contribution >= 0.6 is 0 Å². The molecule has 26 heavy (non-hydrogen) atoms. The molecule has 1 aromatic carbocycles. The van der Waals surface area contributed by atoms with Crippen LogP contribution in [0.25, 0.3) is 0 Å². The minimum absolute atomic E-state index is 0.306. The number of furan rings is 1. The van der Waals surface area contributed by atoms with Gasteiger partial charge in [-0.05, 0) is 37.6 Å². The van der Waals surface area contributed by atoms with Crippen molar-refractivity contribution in [3.8, 4) is 5.75 Å². The fraction of sp³-hybridized carbons (Fsp3) is 0.421. The van der Waals surface area contributed by atoms with Gasteiger partial charge in [0.1, 0.15) is 30.5 Å². The molecule has 0 fully saturated rings. The zero-order valence-corrected chi connectivity index (χ0v) is 15.0. The Labute approximate surface area is 153 Å². The second-order valence-corrected chi connectivity index (χ2v) is 5.48. The lowest BCUT2D eigenvalue weighted by Gasteiger charge is -2.12. The summed E-state index contributed by atoms with van der Waals surface area (Å²) in [7, 11) is 0. The van der Waals surface area contributed by atoms with Gasteiger partial charge in [-0.15, -0.1) is 0 Å². The molecule has 2 N–H and O–H groups in total. The molecule has 142 valence electrons. The number of nitrogens with one attached hydrogen (secondary N) is 2. The molecular formula is C19H26FN3O3. The number of ether oxygens (including phenoxy) is 2. The number of hydrogen-bond donors (Lipinski definition) is 2. The second-order valence-electron chi connectivity index (χ2n) is 5.48. The van der Waals surface area contributed by atoms with Crippen LogP contribution in [-0.4, -0.2) is 38.8 Å². The second kappa shape index (κ2) is 11.9. The predicted molar refractivity (Wildman–Crippen MR) is 98.9 cm³/mol. The van der Waals surface area contributed by atoms with Gasteiger partial charge in [0.15, 0.2) is 5.96 Å². The summed E-state index contributed by atoms with van der Waals surface area (Å²) in [5.41, 5.74) is 0. The number of hydrogen-bond acceptors (Lipinski definition) is 4. The topological polar surface area (TPSA) is 68.0 Å². The van der Waals surface area contributed by atoms with Crippen molar-refractivity contribution in [1.82, 2.24) is 10.6 Å². The van der Waals surface area contributed by atoms with Crippen LogP contribution < -0.4 is 15.4 Å². The van der Waals surface area contributed by atoms with Crippen molar-refractivity contribution >= 4 is 5.96 Å². The average molecular weight is 363 g/mol. The molecule has 0 amide bonds. The van der Waals surface area contributed by atoms with Crippen LogP contribution in [0.5, 0.6) is 5.75 Å². The molecule has 0 saturated carbocycles. The maximum Gasteiger partial charge on any atom is 0.191 e. The number of halogens is 1. The van der Waals surface area contributed by atoms with E-state index in [2.05, 4.69) is 15.6 Å². The number of aliphatic imine (C=N–C) groups is 1. The van der Waals surface area contributed by atoms with Gasteiger partial charge >= 0.3 is 0 Å². The summed E-state index contributed by atoms with van der Waals surface area (Å²) >= 11 is 0. The summed E-state index contributed by atoms with van der Waals surface area (Å²) in [6, 6.07) is 9.83. The van der Waals surface area contributed by atoms with E-state index in [9.17, 15) is 4.39 Å². The maximum absolute atomic E-state index is 13.1. The Kier molecular flexibility index (Phi) is 9.07. The monoisotopic (exact) mass is 363 g/mol. The summed E-state index contributed by atoms with van der Waals surface area (Å²) < 4.78 is 29.3. The first-order chi connectivity index (χ1) is 12.8. The molecule has 0 aliphatic rings. The molecule has 2 rings (SSSR count). The number of nitrogens with zero attached hydrogens (tertiary/aromatic N) is 1. The van der Waals surface area contributed by atoms with E-state index in [-0.39, 0.29) is 5.82 Å². The fourth-order valence-corrected chi connectivity index (χ4v) is 2.16. The van der Waals surface area contributed by atoms with E-state index in [1.165, 1.54) is 12.1 Å². The Balaban J connectivity index is 1.59. The van der Waals surface area contributed by atoms with Crippen molar-refractivity contribution in [2.24, 2.45) is 4.99 Å². The van der Waals surface area contributed by atoms with Crippen LogP contribution in [0.1, 0.15) is 19.1 Å². The number of rotatable bonds is 11. The van der Waals surface area contributed by atoms with Gasteiger partial charge in [-0.3, -0.25) is 4.99 Å². The highest BCUT2D eigenvalue weighted by molar-refractivity contribution is 5.79. The smallest absolute Gasteiger partial charge is 0.191 e. The van der Waals surface area contributed by atoms with Crippen molar-refractivity contribution in [2.75, 3.05) is 32.8 Å². The summed E-state index contributed by atoms with van der Waals surface area (Å²) in [6.07, 6.45) is 2.45. The van der Waals surface area contributed by atoms with E-state index in [0.29, 0.717) is 38.7 Å². The minimum Gasteiger partial charge on any atom is -0.492 e. The van der Waals surface area contributed by atoms with Gasteiger partial charge in [-0.25, -0.2) is 4.39 Å². The molecule has 0 aliphatic heterocycles. The quantitative estimate of drug-likeness (QED) is 0.365. The Hall–Kier alpha value is -2.54. The van der Waals surface area contributed by atoms with Gasteiger partial charge in [0.05, 0.1) is 12.8 Å². The Morgan fingerprint density at radius 1 is 1.19 bits per heavy atom. The zero-order valence-electron chi connectivity index (χ0n) is 15.0. The normalized spacial score (nSPS) is 11.4. The van der Waals surface area contributed by atoms with Crippen LogP contribution in [-0.2, 0) is 11.3 Å². The summed E-state index contributed by atoms with van der Waals surface area (Å²) in [6.45, 7) is 5.51. The van der Waals surface area contributed by atoms with Crippen LogP contribution in [0.3, 0.4) is 0 Å². The van der Waals surface area contributed by atoms with Crippen molar-refractivity contribution < 1.29 is 18.3 Å². The lowest BCUT2D eigenvalue weighted by atomic mass is 10.3. The third-order valence-corrected chi connectivity index (χ3v) is 3.34. The molecule has 1 aromatic heterocycles. The van der Waals surface area contributed by atoms with E-state index < -0.39 is 0 Å². The highest BCUT2D eigenvalue weighted by atomic mass is 19.1. The van der Waals surface area contributed by atoms with Crippen LogP contribution in [0.4, 0.5) is 4.39 Å². The van der Waals surface area contributed by atoms with E-state index >= 15 is 0 Å². The fourth-order valence-electron chi connectivity index (χ4n) is 2.16. The van der Waals surface area contributed by atoms with Crippen molar-refractivity contribution in [3.05, 3.63) is 54.2 Å². The van der Waals surface area contributed by atoms with Gasteiger partial charge in [0.2, 0.25) is 0 Å². The van der Waals surface area contributed by atoms with Crippen molar-refractivity contribution in [3.63, 3.8) is 0 Å². The molecule has 0 spiro atoms. The third-order valence-electron chi connectivity index (χ3n) is 3.34. The molecule has 0 atom stereocenters. The third kappa shape index (κ3) is 8.02. The molecule has 2 aromatic rings. The minimum atomic E-state index is -0.306. The van der Waals surface area contributed by atoms with Crippen LogP contribution in [0, 0.1) is 5.82 Å². The summed E-state index contributed by atoms with van der Waals surface area (Å²) in [4.78, 5) is 4.48.